The Morgan fingerprint density at radius 1 is 1.04 bits per heavy atom. The molecule has 2 aromatic carbocycles. The summed E-state index contributed by atoms with van der Waals surface area (Å²) in [5.41, 5.74) is 1.93. The Balaban J connectivity index is 0.00000100. The van der Waals surface area contributed by atoms with E-state index in [4.69, 9.17) is 14.6 Å². The number of ether oxygens (including phenoxy) is 2. The van der Waals surface area contributed by atoms with Gasteiger partial charge in [-0.2, -0.15) is 0 Å². The molecule has 5 heteroatoms. The van der Waals surface area contributed by atoms with Crippen LogP contribution in [0.4, 0.5) is 0 Å². The highest BCUT2D eigenvalue weighted by Crippen LogP contribution is 2.36. The molecule has 24 heavy (non-hydrogen) atoms. The minimum absolute atomic E-state index is 0.0770. The summed E-state index contributed by atoms with van der Waals surface area (Å²) in [6.07, 6.45) is 1.59. The number of para-hydroxylation sites is 2. The van der Waals surface area contributed by atoms with E-state index in [0.29, 0.717) is 23.0 Å². The van der Waals surface area contributed by atoms with Gasteiger partial charge in [-0.05, 0) is 17.7 Å². The Hall–Kier alpha value is -2.40. The maximum atomic E-state index is 10.6. The van der Waals surface area contributed by atoms with Crippen molar-refractivity contribution in [3.8, 4) is 11.5 Å². The predicted molar refractivity (Wildman–Crippen MR) is 97.3 cm³/mol. The highest BCUT2D eigenvalue weighted by atomic mass is 32.2. The maximum Gasteiger partial charge on any atom is 0.313 e. The van der Waals surface area contributed by atoms with Crippen LogP contribution in [-0.4, -0.2) is 16.8 Å². The lowest BCUT2D eigenvalue weighted by atomic mass is 10.1. The molecule has 1 aliphatic heterocycles. The van der Waals surface area contributed by atoms with Gasteiger partial charge in [0.25, 0.3) is 0 Å². The molecular formula is C19H20O4S. The number of rotatable bonds is 5. The van der Waals surface area contributed by atoms with Crippen molar-refractivity contribution in [3.63, 3.8) is 0 Å². The van der Waals surface area contributed by atoms with Crippen molar-refractivity contribution in [3.05, 3.63) is 65.9 Å². The number of carboxylic acid groups (broad SMARTS) is 1. The fourth-order valence-corrected chi connectivity index (χ4v) is 2.89. The van der Waals surface area contributed by atoms with Gasteiger partial charge < -0.3 is 14.6 Å². The molecule has 0 aromatic heterocycles. The number of aliphatic carboxylic acids is 1. The zero-order valence-corrected chi connectivity index (χ0v) is 14.5. The van der Waals surface area contributed by atoms with E-state index in [-0.39, 0.29) is 5.75 Å². The lowest BCUT2D eigenvalue weighted by Gasteiger charge is -2.19. The number of benzene rings is 2. The summed E-state index contributed by atoms with van der Waals surface area (Å²) in [4.78, 5) is 10.6. The van der Waals surface area contributed by atoms with Crippen LogP contribution in [0.25, 0.3) is 5.76 Å². The van der Waals surface area contributed by atoms with Gasteiger partial charge in [0.05, 0.1) is 5.75 Å². The van der Waals surface area contributed by atoms with E-state index in [1.807, 2.05) is 62.4 Å². The first-order valence-corrected chi connectivity index (χ1v) is 8.91. The van der Waals surface area contributed by atoms with Crippen LogP contribution in [0.1, 0.15) is 25.0 Å². The third kappa shape index (κ3) is 4.55. The lowest BCUT2D eigenvalue weighted by molar-refractivity contribution is -0.133. The molecule has 2 aromatic rings. The molecule has 126 valence electrons. The Labute approximate surface area is 146 Å². The number of fused-ring (bicyclic) bond motifs is 1. The van der Waals surface area contributed by atoms with Crippen LogP contribution in [0.2, 0.25) is 0 Å². The van der Waals surface area contributed by atoms with E-state index in [9.17, 15) is 4.79 Å². The first-order chi connectivity index (χ1) is 11.7. The lowest BCUT2D eigenvalue weighted by Crippen LogP contribution is -2.06. The molecule has 0 amide bonds. The fourth-order valence-electron chi connectivity index (χ4n) is 2.14. The second-order valence-corrected chi connectivity index (χ2v) is 5.68. The quantitative estimate of drug-likeness (QED) is 0.844. The Kier molecular flexibility index (Phi) is 6.75. The van der Waals surface area contributed by atoms with E-state index in [1.165, 1.54) is 11.8 Å². The second-order valence-electron chi connectivity index (χ2n) is 4.69. The highest BCUT2D eigenvalue weighted by molar-refractivity contribution is 7.99. The van der Waals surface area contributed by atoms with Crippen molar-refractivity contribution in [1.29, 1.82) is 0 Å². The van der Waals surface area contributed by atoms with Crippen LogP contribution in [0.5, 0.6) is 11.5 Å². The molecule has 0 saturated heterocycles. The molecule has 1 heterocycles. The standard InChI is InChI=1S/C17H14O4S.C2H6/c18-17(19)11-22-10-12-5-1-2-6-13(12)16-9-20-14-7-3-4-8-15(14)21-16;1-2/h1-9H,10-11H2,(H,18,19);1-2H3. The Bertz CT molecular complexity index is 725. The molecule has 0 saturated carbocycles. The summed E-state index contributed by atoms with van der Waals surface area (Å²) in [5.74, 6) is 1.85. The molecule has 0 aliphatic carbocycles. The second kappa shape index (κ2) is 9.03. The van der Waals surface area contributed by atoms with Gasteiger partial charge in [0.2, 0.25) is 0 Å². The van der Waals surface area contributed by atoms with Crippen LogP contribution in [-0.2, 0) is 10.5 Å². The van der Waals surface area contributed by atoms with Gasteiger partial charge in [-0.3, -0.25) is 4.79 Å². The van der Waals surface area contributed by atoms with Crippen molar-refractivity contribution in [2.75, 3.05) is 5.75 Å². The number of carbonyl (C=O) groups is 1. The van der Waals surface area contributed by atoms with Crippen LogP contribution in [0, 0.1) is 0 Å². The van der Waals surface area contributed by atoms with Crippen LogP contribution < -0.4 is 9.47 Å². The Morgan fingerprint density at radius 2 is 1.71 bits per heavy atom. The monoisotopic (exact) mass is 344 g/mol. The summed E-state index contributed by atoms with van der Waals surface area (Å²) in [6, 6.07) is 15.2. The third-order valence-electron chi connectivity index (χ3n) is 3.13. The van der Waals surface area contributed by atoms with Gasteiger partial charge in [0, 0.05) is 11.3 Å². The van der Waals surface area contributed by atoms with Gasteiger partial charge in [-0.1, -0.05) is 50.2 Å². The Morgan fingerprint density at radius 3 is 2.46 bits per heavy atom. The summed E-state index contributed by atoms with van der Waals surface area (Å²) in [7, 11) is 0. The minimum Gasteiger partial charge on any atom is -0.481 e. The molecule has 4 nitrogen and oxygen atoms in total. The molecular weight excluding hydrogens is 324 g/mol. The summed E-state index contributed by atoms with van der Waals surface area (Å²) < 4.78 is 11.5. The smallest absolute Gasteiger partial charge is 0.313 e. The van der Waals surface area contributed by atoms with Crippen LogP contribution >= 0.6 is 11.8 Å². The van der Waals surface area contributed by atoms with Gasteiger partial charge in [0.15, 0.2) is 17.3 Å². The SMILES string of the molecule is CC.O=C(O)CSCc1ccccc1C1=COc2ccccc2O1. The summed E-state index contributed by atoms with van der Waals surface area (Å²) in [5, 5.41) is 8.74. The van der Waals surface area contributed by atoms with Crippen molar-refractivity contribution < 1.29 is 19.4 Å². The van der Waals surface area contributed by atoms with E-state index in [0.717, 1.165) is 11.1 Å². The largest absolute Gasteiger partial charge is 0.481 e. The summed E-state index contributed by atoms with van der Waals surface area (Å²) in [6.45, 7) is 4.00. The maximum absolute atomic E-state index is 10.6. The van der Waals surface area contributed by atoms with E-state index < -0.39 is 5.97 Å². The van der Waals surface area contributed by atoms with E-state index >= 15 is 0 Å². The van der Waals surface area contributed by atoms with Gasteiger partial charge in [-0.25, -0.2) is 0 Å². The molecule has 0 unspecified atom stereocenters. The topological polar surface area (TPSA) is 55.8 Å². The third-order valence-corrected chi connectivity index (χ3v) is 4.09. The molecule has 0 spiro atoms. The molecule has 1 N–H and O–H groups in total. The molecule has 0 bridgehead atoms. The van der Waals surface area contributed by atoms with Gasteiger partial charge >= 0.3 is 5.97 Å². The number of carboxylic acids is 1. The average molecular weight is 344 g/mol. The summed E-state index contributed by atoms with van der Waals surface area (Å²) >= 11 is 1.36. The molecule has 1 aliphatic rings. The van der Waals surface area contributed by atoms with Crippen molar-refractivity contribution in [2.45, 2.75) is 19.6 Å². The predicted octanol–water partition coefficient (Wildman–Crippen LogP) is 4.80. The van der Waals surface area contributed by atoms with Crippen molar-refractivity contribution in [2.24, 2.45) is 0 Å². The average Bonchev–Trinajstić information content (AvgIpc) is 2.63. The number of hydrogen-bond donors (Lipinski definition) is 1. The van der Waals surface area contributed by atoms with Crippen molar-refractivity contribution in [1.82, 2.24) is 0 Å². The van der Waals surface area contributed by atoms with Crippen molar-refractivity contribution >= 4 is 23.5 Å². The zero-order valence-electron chi connectivity index (χ0n) is 13.7. The molecule has 0 atom stereocenters. The van der Waals surface area contributed by atoms with E-state index in [2.05, 4.69) is 0 Å². The first-order valence-electron chi connectivity index (χ1n) is 7.75. The number of thioether (sulfide) groups is 1. The van der Waals surface area contributed by atoms with Gasteiger partial charge in [-0.15, -0.1) is 11.8 Å². The first kappa shape index (κ1) is 17.9. The van der Waals surface area contributed by atoms with Crippen LogP contribution in [0.3, 0.4) is 0 Å². The van der Waals surface area contributed by atoms with E-state index in [1.54, 1.807) is 6.26 Å². The van der Waals surface area contributed by atoms with Gasteiger partial charge in [0.1, 0.15) is 6.26 Å². The molecule has 0 fully saturated rings. The molecule has 3 rings (SSSR count). The minimum atomic E-state index is -0.812. The van der Waals surface area contributed by atoms with Crippen LogP contribution in [0.15, 0.2) is 54.8 Å². The fraction of sp³-hybridized carbons (Fsp3) is 0.211. The highest BCUT2D eigenvalue weighted by Gasteiger charge is 2.17. The normalized spacial score (nSPS) is 11.8. The number of hydrogen-bond acceptors (Lipinski definition) is 4. The molecule has 0 radical (unpaired) electrons. The zero-order chi connectivity index (χ0) is 17.4.